The van der Waals surface area contributed by atoms with Crippen LogP contribution < -0.4 is 10.5 Å². The summed E-state index contributed by atoms with van der Waals surface area (Å²) in [6, 6.07) is 0.0115. The summed E-state index contributed by atoms with van der Waals surface area (Å²) < 4.78 is 45.1. The summed E-state index contributed by atoms with van der Waals surface area (Å²) >= 11 is 0. The lowest BCUT2D eigenvalue weighted by Crippen LogP contribution is -2.51. The molecule has 2 aromatic rings. The molecule has 2 fully saturated rings. The van der Waals surface area contributed by atoms with Gasteiger partial charge in [-0.15, -0.1) is 0 Å². The van der Waals surface area contributed by atoms with Crippen molar-refractivity contribution in [3.05, 3.63) is 51.7 Å². The first-order valence-electron chi connectivity index (χ1n) is 11.1. The maximum atomic E-state index is 13.3. The summed E-state index contributed by atoms with van der Waals surface area (Å²) in [6.07, 6.45) is 4.03. The third kappa shape index (κ3) is 4.96. The summed E-state index contributed by atoms with van der Waals surface area (Å²) in [4.78, 5) is 38.6. The largest absolute Gasteiger partial charge is 0.450 e. The number of nitrogens with zero attached hydrogens (tertiary/aromatic N) is 4. The molecule has 1 atom stereocenters. The van der Waals surface area contributed by atoms with Gasteiger partial charge in [0.05, 0.1) is 12.6 Å². The molecule has 1 amide bonds. The Morgan fingerprint density at radius 1 is 1.18 bits per heavy atom. The Labute approximate surface area is 188 Å². The van der Waals surface area contributed by atoms with Crippen molar-refractivity contribution >= 4 is 12.0 Å². The number of amides is 1. The lowest BCUT2D eigenvalue weighted by atomic mass is 10.0. The third-order valence-corrected chi connectivity index (χ3v) is 6.27. The van der Waals surface area contributed by atoms with E-state index < -0.39 is 29.4 Å². The van der Waals surface area contributed by atoms with Gasteiger partial charge in [0.15, 0.2) is 0 Å². The molecule has 2 aromatic heterocycles. The van der Waals surface area contributed by atoms with Crippen molar-refractivity contribution in [1.29, 1.82) is 0 Å². The quantitative estimate of drug-likeness (QED) is 0.737. The summed E-state index contributed by atoms with van der Waals surface area (Å²) in [7, 11) is 0. The van der Waals surface area contributed by atoms with Gasteiger partial charge >= 0.3 is 12.3 Å². The Morgan fingerprint density at radius 3 is 2.52 bits per heavy atom. The maximum Gasteiger partial charge on any atom is 0.421 e. The van der Waals surface area contributed by atoms with E-state index in [1.54, 1.807) is 6.92 Å². The second-order valence-corrected chi connectivity index (χ2v) is 8.33. The fourth-order valence-electron chi connectivity index (χ4n) is 4.54. The molecule has 1 saturated carbocycles. The van der Waals surface area contributed by atoms with E-state index in [1.807, 2.05) is 17.3 Å². The van der Waals surface area contributed by atoms with Crippen molar-refractivity contribution in [2.75, 3.05) is 31.1 Å². The molecule has 1 aliphatic carbocycles. The molecule has 3 heterocycles. The van der Waals surface area contributed by atoms with Gasteiger partial charge in [0, 0.05) is 38.2 Å². The Bertz CT molecular complexity index is 1030. The number of aromatic amines is 1. The second kappa shape index (κ2) is 9.40. The Balaban J connectivity index is 1.62. The maximum absolute atomic E-state index is 13.3. The van der Waals surface area contributed by atoms with E-state index in [-0.39, 0.29) is 25.3 Å². The summed E-state index contributed by atoms with van der Waals surface area (Å²) in [6.45, 7) is 2.55. The van der Waals surface area contributed by atoms with Crippen molar-refractivity contribution in [3.63, 3.8) is 0 Å². The molecular formula is C22H26F3N5O3. The number of rotatable bonds is 4. The van der Waals surface area contributed by atoms with E-state index >= 15 is 0 Å². The second-order valence-electron chi connectivity index (χ2n) is 8.33. The summed E-state index contributed by atoms with van der Waals surface area (Å²) in [5.41, 5.74) is -1.29. The number of nitrogens with one attached hydrogen (secondary N) is 1. The average Bonchev–Trinajstić information content (AvgIpc) is 3.33. The van der Waals surface area contributed by atoms with Crippen LogP contribution in [-0.2, 0) is 10.9 Å². The van der Waals surface area contributed by atoms with E-state index in [0.717, 1.165) is 24.5 Å². The lowest BCUT2D eigenvalue weighted by Gasteiger charge is -2.41. The van der Waals surface area contributed by atoms with Crippen LogP contribution in [-0.4, -0.2) is 52.2 Å². The minimum atomic E-state index is -4.81. The number of carbonyl (C=O) groups is 1. The molecule has 0 spiro atoms. The van der Waals surface area contributed by atoms with Crippen LogP contribution in [0.3, 0.4) is 0 Å². The van der Waals surface area contributed by atoms with Crippen LogP contribution in [0.25, 0.3) is 0 Å². The number of pyridine rings is 1. The van der Waals surface area contributed by atoms with Crippen molar-refractivity contribution < 1.29 is 22.7 Å². The number of piperazine rings is 1. The van der Waals surface area contributed by atoms with Crippen LogP contribution >= 0.6 is 0 Å². The van der Waals surface area contributed by atoms with Crippen LogP contribution in [0.5, 0.6) is 0 Å². The molecule has 4 rings (SSSR count). The Hall–Kier alpha value is -3.11. The van der Waals surface area contributed by atoms with E-state index in [4.69, 9.17) is 4.74 Å². The van der Waals surface area contributed by atoms with Crippen LogP contribution in [0.1, 0.15) is 61.3 Å². The van der Waals surface area contributed by atoms with Crippen molar-refractivity contribution in [3.8, 4) is 0 Å². The number of alkyl halides is 3. The van der Waals surface area contributed by atoms with Gasteiger partial charge in [-0.3, -0.25) is 9.69 Å². The molecule has 0 bridgehead atoms. The highest BCUT2D eigenvalue weighted by Gasteiger charge is 2.38. The van der Waals surface area contributed by atoms with Crippen molar-refractivity contribution in [1.82, 2.24) is 19.9 Å². The van der Waals surface area contributed by atoms with E-state index in [1.165, 1.54) is 23.9 Å². The van der Waals surface area contributed by atoms with Gasteiger partial charge in [0.1, 0.15) is 5.56 Å². The summed E-state index contributed by atoms with van der Waals surface area (Å²) in [5, 5.41) is 0. The molecular weight excluding hydrogens is 439 g/mol. The minimum absolute atomic E-state index is 0.136. The number of hydrogen-bond acceptors (Lipinski definition) is 6. The van der Waals surface area contributed by atoms with Gasteiger partial charge in [-0.05, 0) is 42.9 Å². The van der Waals surface area contributed by atoms with E-state index in [2.05, 4.69) is 15.0 Å². The number of carbonyl (C=O) groups excluding carboxylic acids is 1. The first-order valence-corrected chi connectivity index (χ1v) is 11.1. The number of halogens is 3. The molecule has 178 valence electrons. The van der Waals surface area contributed by atoms with Crippen LogP contribution in [0.4, 0.5) is 23.9 Å². The number of H-pyrrole nitrogens is 1. The Kier molecular flexibility index (Phi) is 6.57. The first-order chi connectivity index (χ1) is 15.8. The SMILES string of the molecule is CCOC(=O)N1CCN(c2ncc(C3CCCC3)cn2)CC1c1c[nH]c(=O)c(C(F)(F)F)c1. The zero-order valence-electron chi connectivity index (χ0n) is 18.3. The van der Waals surface area contributed by atoms with Gasteiger partial charge in [-0.1, -0.05) is 12.8 Å². The third-order valence-electron chi connectivity index (χ3n) is 6.27. The average molecular weight is 465 g/mol. The van der Waals surface area contributed by atoms with Gasteiger partial charge in [0.25, 0.3) is 5.56 Å². The fraction of sp³-hybridized carbons (Fsp3) is 0.545. The molecule has 1 N–H and O–H groups in total. The molecule has 33 heavy (non-hydrogen) atoms. The predicted molar refractivity (Wildman–Crippen MR) is 114 cm³/mol. The molecule has 1 unspecified atom stereocenters. The van der Waals surface area contributed by atoms with Gasteiger partial charge in [-0.2, -0.15) is 13.2 Å². The minimum Gasteiger partial charge on any atom is -0.450 e. The number of ether oxygens (including phenoxy) is 1. The smallest absolute Gasteiger partial charge is 0.421 e. The zero-order chi connectivity index (χ0) is 23.6. The predicted octanol–water partition coefficient (Wildman–Crippen LogP) is 3.86. The van der Waals surface area contributed by atoms with Crippen LogP contribution in [0, 0.1) is 0 Å². The monoisotopic (exact) mass is 465 g/mol. The first kappa shape index (κ1) is 23.1. The molecule has 1 saturated heterocycles. The standard InChI is InChI=1S/C22H26F3N5O3/c1-2-33-21(32)30-8-7-29(20-27-11-16(12-28-20)14-5-3-4-6-14)13-18(30)15-9-17(22(23,24)25)19(31)26-10-15/h9-12,14,18H,2-8,13H2,1H3,(H,26,31). The number of anilines is 1. The summed E-state index contributed by atoms with van der Waals surface area (Å²) in [5.74, 6) is 0.917. The lowest BCUT2D eigenvalue weighted by molar-refractivity contribution is -0.138. The molecule has 2 aliphatic rings. The van der Waals surface area contributed by atoms with Crippen LogP contribution in [0.15, 0.2) is 29.5 Å². The van der Waals surface area contributed by atoms with Crippen molar-refractivity contribution in [2.45, 2.75) is 50.7 Å². The van der Waals surface area contributed by atoms with Gasteiger partial charge in [0.2, 0.25) is 5.95 Å². The molecule has 8 nitrogen and oxygen atoms in total. The molecule has 0 radical (unpaired) electrons. The zero-order valence-corrected chi connectivity index (χ0v) is 18.3. The van der Waals surface area contributed by atoms with Gasteiger partial charge in [-0.25, -0.2) is 14.8 Å². The normalized spacial score (nSPS) is 19.7. The molecule has 1 aliphatic heterocycles. The molecule has 11 heteroatoms. The topological polar surface area (TPSA) is 91.4 Å². The van der Waals surface area contributed by atoms with Gasteiger partial charge < -0.3 is 14.6 Å². The van der Waals surface area contributed by atoms with E-state index in [9.17, 15) is 22.8 Å². The fourth-order valence-corrected chi connectivity index (χ4v) is 4.54. The van der Waals surface area contributed by atoms with Crippen LogP contribution in [0.2, 0.25) is 0 Å². The molecule has 0 aromatic carbocycles. The highest BCUT2D eigenvalue weighted by Crippen LogP contribution is 2.34. The highest BCUT2D eigenvalue weighted by atomic mass is 19.4. The number of aromatic nitrogens is 3. The van der Waals surface area contributed by atoms with E-state index in [0.29, 0.717) is 18.4 Å². The van der Waals surface area contributed by atoms with Crippen molar-refractivity contribution in [2.24, 2.45) is 0 Å². The highest BCUT2D eigenvalue weighted by molar-refractivity contribution is 5.69. The number of hydrogen-bond donors (Lipinski definition) is 1. The Morgan fingerprint density at radius 2 is 1.88 bits per heavy atom.